The largest absolute Gasteiger partial charge is 0.467 e. The van der Waals surface area contributed by atoms with E-state index in [0.29, 0.717) is 5.02 Å². The molecule has 20 heavy (non-hydrogen) atoms. The van der Waals surface area contributed by atoms with Crippen LogP contribution in [0.2, 0.25) is 5.02 Å². The number of hydrogen-bond donors (Lipinski definition) is 1. The molecule has 2 rings (SSSR count). The van der Waals surface area contributed by atoms with Crippen molar-refractivity contribution < 1.29 is 9.53 Å². The van der Waals surface area contributed by atoms with E-state index >= 15 is 0 Å². The number of carbonyl (C=O) groups excluding carboxylic acids is 1. The highest BCUT2D eigenvalue weighted by atomic mass is 79.9. The number of esters is 1. The molecule has 0 aliphatic rings. The maximum atomic E-state index is 12.0. The Hall–Kier alpha value is -1.52. The molecule has 1 unspecified atom stereocenters. The van der Waals surface area contributed by atoms with Gasteiger partial charge >= 0.3 is 5.97 Å². The molecular formula is C15H13BrClNO2. The van der Waals surface area contributed by atoms with Gasteiger partial charge in [0.15, 0.2) is 6.04 Å². The van der Waals surface area contributed by atoms with Crippen molar-refractivity contribution in [3.8, 4) is 0 Å². The van der Waals surface area contributed by atoms with Crippen LogP contribution in [0.1, 0.15) is 11.6 Å². The Labute approximate surface area is 131 Å². The van der Waals surface area contributed by atoms with E-state index in [-0.39, 0.29) is 5.97 Å². The van der Waals surface area contributed by atoms with Crippen LogP contribution < -0.4 is 5.32 Å². The molecule has 0 bridgehead atoms. The maximum absolute atomic E-state index is 12.0. The molecule has 0 amide bonds. The number of benzene rings is 2. The van der Waals surface area contributed by atoms with Crippen LogP contribution in [0, 0.1) is 0 Å². The number of ether oxygens (including phenoxy) is 1. The van der Waals surface area contributed by atoms with Crippen LogP contribution in [0.5, 0.6) is 0 Å². The number of hydrogen-bond acceptors (Lipinski definition) is 3. The second kappa shape index (κ2) is 6.77. The average molecular weight is 355 g/mol. The van der Waals surface area contributed by atoms with Gasteiger partial charge in [0.25, 0.3) is 0 Å². The molecule has 0 radical (unpaired) electrons. The van der Waals surface area contributed by atoms with Crippen LogP contribution in [0.4, 0.5) is 5.69 Å². The Kier molecular flexibility index (Phi) is 5.04. The first-order valence-electron chi connectivity index (χ1n) is 5.95. The number of anilines is 1. The van der Waals surface area contributed by atoms with Crippen molar-refractivity contribution in [3.63, 3.8) is 0 Å². The first kappa shape index (κ1) is 14.9. The van der Waals surface area contributed by atoms with Gasteiger partial charge in [-0.15, -0.1) is 0 Å². The molecule has 0 spiro atoms. The van der Waals surface area contributed by atoms with Gasteiger partial charge in [0.1, 0.15) is 0 Å². The molecule has 1 atom stereocenters. The van der Waals surface area contributed by atoms with Crippen molar-refractivity contribution in [2.45, 2.75) is 6.04 Å². The Bertz CT molecular complexity index is 601. The second-order valence-electron chi connectivity index (χ2n) is 4.16. The quantitative estimate of drug-likeness (QED) is 0.826. The van der Waals surface area contributed by atoms with Crippen molar-refractivity contribution in [2.75, 3.05) is 12.4 Å². The summed E-state index contributed by atoms with van der Waals surface area (Å²) >= 11 is 9.25. The Balaban J connectivity index is 2.28. The van der Waals surface area contributed by atoms with Crippen LogP contribution in [0.25, 0.3) is 0 Å². The van der Waals surface area contributed by atoms with Crippen molar-refractivity contribution in [2.24, 2.45) is 0 Å². The van der Waals surface area contributed by atoms with Gasteiger partial charge in [-0.05, 0) is 42.0 Å². The number of carbonyl (C=O) groups is 1. The molecule has 0 saturated carbocycles. The molecule has 3 nitrogen and oxygen atoms in total. The van der Waals surface area contributed by atoms with E-state index in [1.165, 1.54) is 7.11 Å². The van der Waals surface area contributed by atoms with Crippen LogP contribution >= 0.6 is 27.5 Å². The van der Waals surface area contributed by atoms with Gasteiger partial charge < -0.3 is 10.1 Å². The predicted octanol–water partition coefficient (Wildman–Crippen LogP) is 4.43. The topological polar surface area (TPSA) is 38.3 Å². The minimum atomic E-state index is -0.571. The van der Waals surface area contributed by atoms with Crippen molar-refractivity contribution in [3.05, 3.63) is 63.6 Å². The zero-order chi connectivity index (χ0) is 14.5. The molecular weight excluding hydrogens is 342 g/mol. The normalized spacial score (nSPS) is 11.8. The van der Waals surface area contributed by atoms with Gasteiger partial charge in [0.05, 0.1) is 7.11 Å². The maximum Gasteiger partial charge on any atom is 0.332 e. The lowest BCUT2D eigenvalue weighted by atomic mass is 10.1. The molecule has 0 aliphatic carbocycles. The second-order valence-corrected chi connectivity index (χ2v) is 5.51. The van der Waals surface area contributed by atoms with E-state index in [0.717, 1.165) is 15.7 Å². The summed E-state index contributed by atoms with van der Waals surface area (Å²) in [5.41, 5.74) is 1.62. The van der Waals surface area contributed by atoms with Gasteiger partial charge in [0, 0.05) is 15.2 Å². The molecule has 104 valence electrons. The molecule has 5 heteroatoms. The highest BCUT2D eigenvalue weighted by Crippen LogP contribution is 2.24. The number of nitrogens with one attached hydrogen (secondary N) is 1. The monoisotopic (exact) mass is 353 g/mol. The average Bonchev–Trinajstić information content (AvgIpc) is 2.46. The van der Waals surface area contributed by atoms with E-state index in [9.17, 15) is 4.79 Å². The number of rotatable bonds is 4. The third kappa shape index (κ3) is 3.74. The molecule has 0 saturated heterocycles. The van der Waals surface area contributed by atoms with Crippen LogP contribution in [0.3, 0.4) is 0 Å². The third-order valence-corrected chi connectivity index (χ3v) is 3.52. The minimum Gasteiger partial charge on any atom is -0.467 e. The summed E-state index contributed by atoms with van der Waals surface area (Å²) in [6.07, 6.45) is 0. The Morgan fingerprint density at radius 3 is 2.55 bits per heavy atom. The first-order chi connectivity index (χ1) is 9.60. The van der Waals surface area contributed by atoms with Crippen molar-refractivity contribution >= 4 is 39.2 Å². The summed E-state index contributed by atoms with van der Waals surface area (Å²) in [6, 6.07) is 14.1. The lowest BCUT2D eigenvalue weighted by molar-refractivity contribution is -0.141. The van der Waals surface area contributed by atoms with Crippen molar-refractivity contribution in [1.29, 1.82) is 0 Å². The fourth-order valence-electron chi connectivity index (χ4n) is 1.80. The van der Waals surface area contributed by atoms with E-state index in [1.807, 2.05) is 36.4 Å². The van der Waals surface area contributed by atoms with Crippen LogP contribution in [-0.2, 0) is 9.53 Å². The standard InChI is InChI=1S/C15H13BrClNO2/c1-20-15(19)14(10-3-2-4-11(16)9-10)18-13-7-5-12(17)6-8-13/h2-9,14,18H,1H3. The predicted molar refractivity (Wildman–Crippen MR) is 84.0 cm³/mol. The molecule has 0 heterocycles. The highest BCUT2D eigenvalue weighted by molar-refractivity contribution is 9.10. The molecule has 0 aromatic heterocycles. The zero-order valence-corrected chi connectivity index (χ0v) is 13.1. The number of methoxy groups -OCH3 is 1. The van der Waals surface area contributed by atoms with E-state index in [2.05, 4.69) is 21.2 Å². The summed E-state index contributed by atoms with van der Waals surface area (Å²) in [6.45, 7) is 0. The molecule has 2 aromatic carbocycles. The third-order valence-electron chi connectivity index (χ3n) is 2.77. The Morgan fingerprint density at radius 1 is 1.25 bits per heavy atom. The fraction of sp³-hybridized carbons (Fsp3) is 0.133. The SMILES string of the molecule is COC(=O)C(Nc1ccc(Cl)cc1)c1cccc(Br)c1. The van der Waals surface area contributed by atoms with Crippen LogP contribution in [0.15, 0.2) is 53.0 Å². The smallest absolute Gasteiger partial charge is 0.332 e. The van der Waals surface area contributed by atoms with Gasteiger partial charge in [0.2, 0.25) is 0 Å². The summed E-state index contributed by atoms with van der Waals surface area (Å²) in [4.78, 5) is 12.0. The Morgan fingerprint density at radius 2 is 1.95 bits per heavy atom. The molecule has 1 N–H and O–H groups in total. The van der Waals surface area contributed by atoms with E-state index < -0.39 is 6.04 Å². The van der Waals surface area contributed by atoms with Gasteiger partial charge in [-0.2, -0.15) is 0 Å². The van der Waals surface area contributed by atoms with Gasteiger partial charge in [-0.1, -0.05) is 39.7 Å². The summed E-state index contributed by atoms with van der Waals surface area (Å²) in [5, 5.41) is 3.79. The summed E-state index contributed by atoms with van der Waals surface area (Å²) < 4.78 is 5.76. The van der Waals surface area contributed by atoms with Crippen LogP contribution in [-0.4, -0.2) is 13.1 Å². The summed E-state index contributed by atoms with van der Waals surface area (Å²) in [5.74, 6) is -0.349. The molecule has 2 aromatic rings. The van der Waals surface area contributed by atoms with E-state index in [1.54, 1.807) is 12.1 Å². The van der Waals surface area contributed by atoms with Gasteiger partial charge in [-0.3, -0.25) is 0 Å². The molecule has 0 aliphatic heterocycles. The zero-order valence-electron chi connectivity index (χ0n) is 10.8. The first-order valence-corrected chi connectivity index (χ1v) is 7.12. The highest BCUT2D eigenvalue weighted by Gasteiger charge is 2.21. The number of halogens is 2. The lowest BCUT2D eigenvalue weighted by Crippen LogP contribution is -2.22. The van der Waals surface area contributed by atoms with Crippen molar-refractivity contribution in [1.82, 2.24) is 0 Å². The fourth-order valence-corrected chi connectivity index (χ4v) is 2.34. The lowest BCUT2D eigenvalue weighted by Gasteiger charge is -2.18. The minimum absolute atomic E-state index is 0.349. The van der Waals surface area contributed by atoms with E-state index in [4.69, 9.17) is 16.3 Å². The molecule has 0 fully saturated rings. The van der Waals surface area contributed by atoms with Gasteiger partial charge in [-0.25, -0.2) is 4.79 Å². The summed E-state index contributed by atoms with van der Waals surface area (Å²) in [7, 11) is 1.37.